The number of rotatable bonds is 10. The fraction of sp³-hybridized carbons (Fsp3) is 0.444. The minimum absolute atomic E-state index is 0. The molecule has 6 heteroatoms. The summed E-state index contributed by atoms with van der Waals surface area (Å²) in [7, 11) is 0. The summed E-state index contributed by atoms with van der Waals surface area (Å²) in [5.41, 5.74) is 9.12. The van der Waals surface area contributed by atoms with Crippen molar-refractivity contribution in [3.05, 3.63) is 94.5 Å². The van der Waals surface area contributed by atoms with Gasteiger partial charge in [0, 0.05) is 83.0 Å². The number of hydrogen-bond acceptors (Lipinski definition) is 5. The number of aromatic nitrogens is 2. The van der Waals surface area contributed by atoms with Crippen molar-refractivity contribution in [3.8, 4) is 22.4 Å². The van der Waals surface area contributed by atoms with Crippen LogP contribution in [0.25, 0.3) is 43.2 Å². The molecule has 51 heavy (non-hydrogen) atoms. The predicted molar refractivity (Wildman–Crippen MR) is 213 cm³/mol. The van der Waals surface area contributed by atoms with Crippen LogP contribution in [0.3, 0.4) is 0 Å². The molecule has 0 unspecified atom stereocenters. The molecule has 0 fully saturated rings. The van der Waals surface area contributed by atoms with Gasteiger partial charge in [-0.1, -0.05) is 91.5 Å². The first-order valence-corrected chi connectivity index (χ1v) is 19.5. The standard InChI is InChI=1S/C32H31N2S.C13H24O2.Ir/c1-19(2)14-22-17-33-18-26-23(22)10-11-28-29(26)25-12-13-34-30(31(25)35-28)21-15-20-8-6-7-9-24(20)27(16-21)32(3,4)5;1-5-10(6-2)12(14)9-13(15)11(7-3)8-4;/h6-9,12-13,16-19H,10-11,14H2,1-5H3;9-11,14H,5-8H2,1-4H3;/q-1;;/b;12-9-;. The summed E-state index contributed by atoms with van der Waals surface area (Å²) in [6.45, 7) is 19.5. The molecule has 0 saturated carbocycles. The van der Waals surface area contributed by atoms with E-state index in [9.17, 15) is 9.90 Å². The van der Waals surface area contributed by atoms with E-state index in [1.807, 2.05) is 45.2 Å². The molecule has 3 aromatic heterocycles. The Balaban J connectivity index is 0.000000312. The van der Waals surface area contributed by atoms with Gasteiger partial charge in [-0.25, -0.2) is 0 Å². The Morgan fingerprint density at radius 3 is 2.29 bits per heavy atom. The maximum absolute atomic E-state index is 11.7. The maximum atomic E-state index is 11.7. The van der Waals surface area contributed by atoms with Crippen LogP contribution in [-0.4, -0.2) is 20.9 Å². The molecule has 0 bridgehead atoms. The van der Waals surface area contributed by atoms with E-state index < -0.39 is 0 Å². The molecule has 1 aliphatic rings. The van der Waals surface area contributed by atoms with Crippen LogP contribution in [0.1, 0.15) is 110 Å². The normalized spacial score (nSPS) is 12.9. The number of benzene rings is 2. The Morgan fingerprint density at radius 1 is 0.961 bits per heavy atom. The van der Waals surface area contributed by atoms with Crippen LogP contribution in [-0.2, 0) is 49.6 Å². The molecular weight excluding hydrogens is 825 g/mol. The van der Waals surface area contributed by atoms with Crippen LogP contribution in [0.2, 0.25) is 0 Å². The summed E-state index contributed by atoms with van der Waals surface area (Å²) < 4.78 is 1.27. The molecule has 0 amide bonds. The summed E-state index contributed by atoms with van der Waals surface area (Å²) >= 11 is 1.91. The third kappa shape index (κ3) is 8.90. The van der Waals surface area contributed by atoms with Crippen LogP contribution < -0.4 is 0 Å². The van der Waals surface area contributed by atoms with Crippen molar-refractivity contribution in [3.63, 3.8) is 0 Å². The zero-order chi connectivity index (χ0) is 36.2. The Morgan fingerprint density at radius 2 is 1.65 bits per heavy atom. The molecule has 273 valence electrons. The molecule has 1 aliphatic carbocycles. The molecule has 2 aromatic carbocycles. The van der Waals surface area contributed by atoms with Crippen LogP contribution in [0.4, 0.5) is 0 Å². The summed E-state index contributed by atoms with van der Waals surface area (Å²) in [6.07, 6.45) is 14.3. The Hall–Kier alpha value is -3.18. The van der Waals surface area contributed by atoms with Gasteiger partial charge < -0.3 is 5.11 Å². The molecule has 1 N–H and O–H groups in total. The second-order valence-corrected chi connectivity index (χ2v) is 16.4. The quantitative estimate of drug-likeness (QED) is 0.0862. The minimum Gasteiger partial charge on any atom is -0.512 e. The maximum Gasteiger partial charge on any atom is 0.162 e. The Kier molecular flexibility index (Phi) is 14.0. The van der Waals surface area contributed by atoms with E-state index in [1.165, 1.54) is 54.2 Å². The number of nitrogens with zero attached hydrogens (tertiary/aromatic N) is 2. The van der Waals surface area contributed by atoms with Crippen molar-refractivity contribution in [1.82, 2.24) is 9.97 Å². The molecule has 6 rings (SSSR count). The number of aliphatic hydroxyl groups is 1. The molecule has 0 atom stereocenters. The summed E-state index contributed by atoms with van der Waals surface area (Å²) in [4.78, 5) is 22.8. The molecule has 0 spiro atoms. The SMILES string of the molecule is CC(C)Cc1cncc2c1CCc1sc3c(-c4[c-]c5ccccc5c(C(C)(C)C)c4)nccc3c1-2.CCC(CC)C(=O)/C=C(\O)C(CC)CC.[Ir]. The fourth-order valence-corrected chi connectivity index (χ4v) is 8.70. The Labute approximate surface area is 323 Å². The second-order valence-electron chi connectivity index (χ2n) is 15.2. The largest absolute Gasteiger partial charge is 0.512 e. The second kappa shape index (κ2) is 17.6. The number of hydrogen-bond donors (Lipinski definition) is 1. The van der Waals surface area contributed by atoms with Gasteiger partial charge in [0.1, 0.15) is 0 Å². The zero-order valence-electron chi connectivity index (χ0n) is 31.9. The predicted octanol–water partition coefficient (Wildman–Crippen LogP) is 12.4. The number of allylic oxidation sites excluding steroid dienone is 2. The smallest absolute Gasteiger partial charge is 0.162 e. The summed E-state index contributed by atoms with van der Waals surface area (Å²) in [6, 6.07) is 16.8. The van der Waals surface area contributed by atoms with Gasteiger partial charge in [-0.3, -0.25) is 14.8 Å². The van der Waals surface area contributed by atoms with Crippen molar-refractivity contribution in [1.29, 1.82) is 0 Å². The number of aryl methyl sites for hydroxylation is 1. The first-order chi connectivity index (χ1) is 23.9. The van der Waals surface area contributed by atoms with Crippen molar-refractivity contribution < 1.29 is 30.0 Å². The van der Waals surface area contributed by atoms with E-state index in [0.717, 1.165) is 61.6 Å². The van der Waals surface area contributed by atoms with E-state index in [2.05, 4.69) is 94.5 Å². The van der Waals surface area contributed by atoms with E-state index in [1.54, 1.807) is 0 Å². The van der Waals surface area contributed by atoms with Crippen molar-refractivity contribution in [2.75, 3.05) is 0 Å². The number of pyridine rings is 2. The van der Waals surface area contributed by atoms with E-state index >= 15 is 0 Å². The average Bonchev–Trinajstić information content (AvgIpc) is 3.48. The van der Waals surface area contributed by atoms with Gasteiger partial charge in [0.2, 0.25) is 0 Å². The molecular formula is C45H55IrN2O2S-. The van der Waals surface area contributed by atoms with Crippen molar-refractivity contribution >= 4 is 38.0 Å². The van der Waals surface area contributed by atoms with Crippen LogP contribution in [0.15, 0.2) is 66.8 Å². The van der Waals surface area contributed by atoms with Gasteiger partial charge in [-0.05, 0) is 78.9 Å². The molecule has 3 heterocycles. The first kappa shape index (κ1) is 40.6. The van der Waals surface area contributed by atoms with Gasteiger partial charge in [-0.2, -0.15) is 0 Å². The third-order valence-corrected chi connectivity index (χ3v) is 11.5. The van der Waals surface area contributed by atoms with E-state index in [-0.39, 0.29) is 48.9 Å². The van der Waals surface area contributed by atoms with Crippen molar-refractivity contribution in [2.45, 2.75) is 113 Å². The number of carbonyl (C=O) groups excluding carboxylic acids is 1. The van der Waals surface area contributed by atoms with Crippen LogP contribution >= 0.6 is 11.3 Å². The molecule has 5 aromatic rings. The van der Waals surface area contributed by atoms with E-state index in [4.69, 9.17) is 4.98 Å². The zero-order valence-corrected chi connectivity index (χ0v) is 35.2. The minimum atomic E-state index is 0. The van der Waals surface area contributed by atoms with Crippen molar-refractivity contribution in [2.24, 2.45) is 17.8 Å². The van der Waals surface area contributed by atoms with Crippen LogP contribution in [0, 0.1) is 23.8 Å². The molecule has 0 saturated heterocycles. The summed E-state index contributed by atoms with van der Waals surface area (Å²) in [5.74, 6) is 1.17. The molecule has 4 nitrogen and oxygen atoms in total. The van der Waals surface area contributed by atoms with Gasteiger partial charge in [0.15, 0.2) is 5.78 Å². The van der Waals surface area contributed by atoms with Crippen LogP contribution in [0.5, 0.6) is 0 Å². The molecule has 1 radical (unpaired) electrons. The number of ketones is 1. The monoisotopic (exact) mass is 880 g/mol. The van der Waals surface area contributed by atoms with Gasteiger partial charge in [0.25, 0.3) is 0 Å². The van der Waals surface area contributed by atoms with Gasteiger partial charge in [0.05, 0.1) is 5.76 Å². The number of fused-ring (bicyclic) bond motifs is 6. The number of carbonyl (C=O) groups is 1. The topological polar surface area (TPSA) is 63.1 Å². The average molecular weight is 880 g/mol. The van der Waals surface area contributed by atoms with Gasteiger partial charge >= 0.3 is 0 Å². The van der Waals surface area contributed by atoms with Gasteiger partial charge in [-0.15, -0.1) is 40.5 Å². The summed E-state index contributed by atoms with van der Waals surface area (Å²) in [5, 5.41) is 13.5. The fourth-order valence-electron chi connectivity index (χ4n) is 7.39. The van der Waals surface area contributed by atoms with E-state index in [0.29, 0.717) is 5.92 Å². The number of thiophene rings is 1. The third-order valence-electron chi connectivity index (χ3n) is 10.2. The number of aliphatic hydroxyl groups excluding tert-OH is 1. The molecule has 0 aliphatic heterocycles. The Bertz CT molecular complexity index is 1990. The first-order valence-electron chi connectivity index (χ1n) is 18.7.